The number of rotatable bonds is 7. The van der Waals surface area contributed by atoms with E-state index in [0.29, 0.717) is 6.04 Å². The largest absolute Gasteiger partial charge is 0.379 e. The van der Waals surface area contributed by atoms with E-state index < -0.39 is 0 Å². The summed E-state index contributed by atoms with van der Waals surface area (Å²) in [6.07, 6.45) is 0.906. The van der Waals surface area contributed by atoms with Gasteiger partial charge in [0, 0.05) is 49.9 Å². The van der Waals surface area contributed by atoms with Crippen molar-refractivity contribution in [1.82, 2.24) is 20.5 Å². The lowest BCUT2D eigenvalue weighted by Crippen LogP contribution is -2.46. The Labute approximate surface area is 163 Å². The predicted molar refractivity (Wildman–Crippen MR) is 109 cm³/mol. The van der Waals surface area contributed by atoms with Crippen molar-refractivity contribution in [3.05, 3.63) is 38.5 Å². The van der Waals surface area contributed by atoms with Crippen LogP contribution in [-0.2, 0) is 11.2 Å². The van der Waals surface area contributed by atoms with Crippen LogP contribution in [0.3, 0.4) is 0 Å². The Kier molecular flexibility index (Phi) is 7.43. The summed E-state index contributed by atoms with van der Waals surface area (Å²) in [6.45, 7) is 7.25. The van der Waals surface area contributed by atoms with Gasteiger partial charge in [-0.25, -0.2) is 4.98 Å². The molecule has 3 rings (SSSR count). The van der Waals surface area contributed by atoms with Gasteiger partial charge in [0.1, 0.15) is 0 Å². The van der Waals surface area contributed by atoms with E-state index in [0.717, 1.165) is 62.5 Å². The summed E-state index contributed by atoms with van der Waals surface area (Å²) in [7, 11) is 1.82. The van der Waals surface area contributed by atoms with Crippen LogP contribution in [0.4, 0.5) is 0 Å². The molecule has 1 aliphatic heterocycles. The summed E-state index contributed by atoms with van der Waals surface area (Å²) < 4.78 is 5.51. The third kappa shape index (κ3) is 5.51. The predicted octanol–water partition coefficient (Wildman–Crippen LogP) is 2.29. The molecule has 2 aromatic rings. The molecule has 0 spiro atoms. The third-order valence-electron chi connectivity index (χ3n) is 4.38. The summed E-state index contributed by atoms with van der Waals surface area (Å²) in [5, 5.41) is 12.3. The molecule has 0 amide bonds. The van der Waals surface area contributed by atoms with Crippen LogP contribution in [0.2, 0.25) is 0 Å². The van der Waals surface area contributed by atoms with Crippen LogP contribution < -0.4 is 10.6 Å². The van der Waals surface area contributed by atoms with Gasteiger partial charge >= 0.3 is 0 Å². The maximum atomic E-state index is 5.51. The Morgan fingerprint density at radius 3 is 2.85 bits per heavy atom. The first-order valence-electron chi connectivity index (χ1n) is 8.97. The minimum atomic E-state index is 0.346. The summed E-state index contributed by atoms with van der Waals surface area (Å²) in [4.78, 5) is 12.7. The van der Waals surface area contributed by atoms with Crippen LogP contribution in [-0.4, -0.2) is 62.3 Å². The zero-order valence-corrected chi connectivity index (χ0v) is 17.0. The lowest BCUT2D eigenvalue weighted by atomic mass is 10.2. The number of thiophene rings is 1. The Balaban J connectivity index is 1.51. The Morgan fingerprint density at radius 2 is 2.19 bits per heavy atom. The molecule has 0 radical (unpaired) electrons. The average molecular weight is 394 g/mol. The standard InChI is InChI=1S/C18H27N5OS2/c1-14-22-15(13-26-14)5-6-20-18(19-2)21-12-16(17-4-3-11-25-17)23-7-9-24-10-8-23/h3-4,11,13,16H,5-10,12H2,1-2H3,(H2,19,20,21). The first-order chi connectivity index (χ1) is 12.8. The number of ether oxygens (including phenoxy) is 1. The maximum absolute atomic E-state index is 5.51. The fourth-order valence-corrected chi connectivity index (χ4v) is 4.53. The van der Waals surface area contributed by atoms with E-state index in [2.05, 4.69) is 48.4 Å². The van der Waals surface area contributed by atoms with Crippen molar-refractivity contribution in [2.45, 2.75) is 19.4 Å². The van der Waals surface area contributed by atoms with Crippen molar-refractivity contribution in [3.8, 4) is 0 Å². The molecule has 26 heavy (non-hydrogen) atoms. The molecule has 6 nitrogen and oxygen atoms in total. The number of guanidine groups is 1. The monoisotopic (exact) mass is 393 g/mol. The van der Waals surface area contributed by atoms with Crippen molar-refractivity contribution >= 4 is 28.6 Å². The molecule has 1 unspecified atom stereocenters. The number of hydrogen-bond donors (Lipinski definition) is 2. The highest BCUT2D eigenvalue weighted by Gasteiger charge is 2.23. The van der Waals surface area contributed by atoms with Crippen LogP contribution in [0.15, 0.2) is 27.9 Å². The Morgan fingerprint density at radius 1 is 1.35 bits per heavy atom. The van der Waals surface area contributed by atoms with Crippen LogP contribution in [0, 0.1) is 6.92 Å². The fraction of sp³-hybridized carbons (Fsp3) is 0.556. The van der Waals surface area contributed by atoms with E-state index in [1.165, 1.54) is 4.88 Å². The first kappa shape index (κ1) is 19.3. The van der Waals surface area contributed by atoms with Gasteiger partial charge in [0.05, 0.1) is 30.0 Å². The van der Waals surface area contributed by atoms with Gasteiger partial charge < -0.3 is 15.4 Å². The summed E-state index contributed by atoms with van der Waals surface area (Å²) in [5.41, 5.74) is 1.14. The van der Waals surface area contributed by atoms with Gasteiger partial charge in [0.25, 0.3) is 0 Å². The maximum Gasteiger partial charge on any atom is 0.191 e. The lowest BCUT2D eigenvalue weighted by molar-refractivity contribution is 0.0177. The highest BCUT2D eigenvalue weighted by atomic mass is 32.1. The highest BCUT2D eigenvalue weighted by Crippen LogP contribution is 2.25. The number of nitrogens with one attached hydrogen (secondary N) is 2. The quantitative estimate of drug-likeness (QED) is 0.558. The molecule has 0 aromatic carbocycles. The topological polar surface area (TPSA) is 61.8 Å². The average Bonchev–Trinajstić information content (AvgIpc) is 3.33. The number of nitrogens with zero attached hydrogens (tertiary/aromatic N) is 3. The number of aliphatic imine (C=N–C) groups is 1. The van der Waals surface area contributed by atoms with Crippen LogP contribution in [0.25, 0.3) is 0 Å². The van der Waals surface area contributed by atoms with E-state index in [1.807, 2.05) is 25.3 Å². The number of morpholine rings is 1. The van der Waals surface area contributed by atoms with Crippen LogP contribution in [0.1, 0.15) is 21.6 Å². The second-order valence-electron chi connectivity index (χ2n) is 6.17. The first-order valence-corrected chi connectivity index (χ1v) is 10.7. The fourth-order valence-electron chi connectivity index (χ4n) is 3.03. The van der Waals surface area contributed by atoms with Crippen LogP contribution >= 0.6 is 22.7 Å². The minimum Gasteiger partial charge on any atom is -0.379 e. The zero-order valence-electron chi connectivity index (χ0n) is 15.4. The number of hydrogen-bond acceptors (Lipinski definition) is 6. The Bertz CT molecular complexity index is 680. The highest BCUT2D eigenvalue weighted by molar-refractivity contribution is 7.10. The third-order valence-corrected chi connectivity index (χ3v) is 6.18. The van der Waals surface area contributed by atoms with Crippen molar-refractivity contribution in [1.29, 1.82) is 0 Å². The number of aryl methyl sites for hydroxylation is 1. The molecule has 0 aliphatic carbocycles. The van der Waals surface area contributed by atoms with Gasteiger partial charge in [-0.15, -0.1) is 22.7 Å². The van der Waals surface area contributed by atoms with E-state index in [-0.39, 0.29) is 0 Å². The molecule has 8 heteroatoms. The summed E-state index contributed by atoms with van der Waals surface area (Å²) >= 11 is 3.51. The molecule has 1 fully saturated rings. The van der Waals surface area contributed by atoms with E-state index >= 15 is 0 Å². The molecule has 1 aliphatic rings. The van der Waals surface area contributed by atoms with E-state index in [9.17, 15) is 0 Å². The molecule has 142 valence electrons. The van der Waals surface area contributed by atoms with Gasteiger partial charge in [0.15, 0.2) is 5.96 Å². The molecule has 1 atom stereocenters. The molecule has 3 heterocycles. The summed E-state index contributed by atoms with van der Waals surface area (Å²) in [6, 6.07) is 4.68. The van der Waals surface area contributed by atoms with Gasteiger partial charge in [0.2, 0.25) is 0 Å². The molecular weight excluding hydrogens is 366 g/mol. The number of aromatic nitrogens is 1. The van der Waals surface area contributed by atoms with Crippen molar-refractivity contribution in [2.24, 2.45) is 4.99 Å². The van der Waals surface area contributed by atoms with E-state index in [4.69, 9.17) is 4.74 Å². The minimum absolute atomic E-state index is 0.346. The number of thiazole rings is 1. The summed E-state index contributed by atoms with van der Waals surface area (Å²) in [5.74, 6) is 0.840. The lowest BCUT2D eigenvalue weighted by Gasteiger charge is -2.34. The van der Waals surface area contributed by atoms with Crippen LogP contribution in [0.5, 0.6) is 0 Å². The molecule has 2 aromatic heterocycles. The second-order valence-corrected chi connectivity index (χ2v) is 8.21. The second kappa shape index (κ2) is 10.0. The van der Waals surface area contributed by atoms with Gasteiger partial charge in [-0.3, -0.25) is 9.89 Å². The SMILES string of the molecule is CN=C(NCCc1csc(C)n1)NCC(c1cccs1)N1CCOCC1. The smallest absolute Gasteiger partial charge is 0.191 e. The van der Waals surface area contributed by atoms with E-state index in [1.54, 1.807) is 11.3 Å². The van der Waals surface area contributed by atoms with Gasteiger partial charge in [-0.1, -0.05) is 6.07 Å². The van der Waals surface area contributed by atoms with Gasteiger partial charge in [-0.05, 0) is 18.4 Å². The Hall–Kier alpha value is -1.48. The molecule has 1 saturated heterocycles. The zero-order chi connectivity index (χ0) is 18.2. The van der Waals surface area contributed by atoms with Crippen molar-refractivity contribution < 1.29 is 4.74 Å². The molecule has 2 N–H and O–H groups in total. The van der Waals surface area contributed by atoms with Gasteiger partial charge in [-0.2, -0.15) is 0 Å². The molecule has 0 bridgehead atoms. The molecule has 0 saturated carbocycles. The van der Waals surface area contributed by atoms with Crippen molar-refractivity contribution in [2.75, 3.05) is 46.4 Å². The van der Waals surface area contributed by atoms with Crippen molar-refractivity contribution in [3.63, 3.8) is 0 Å². The molecular formula is C18H27N5OS2. The normalized spacial score (nSPS) is 17.2.